The van der Waals surface area contributed by atoms with E-state index >= 15 is 0 Å². The zero-order valence-electron chi connectivity index (χ0n) is 10.3. The van der Waals surface area contributed by atoms with Gasteiger partial charge in [0.1, 0.15) is 5.75 Å². The minimum Gasteiger partial charge on any atom is -0.508 e. The fourth-order valence-electron chi connectivity index (χ4n) is 1.80. The second-order valence-electron chi connectivity index (χ2n) is 4.24. The first-order valence-corrected chi connectivity index (χ1v) is 5.91. The fraction of sp³-hybridized carbons (Fsp3) is 0.0625. The number of aromatic hydroxyl groups is 1. The van der Waals surface area contributed by atoms with E-state index in [1.165, 1.54) is 0 Å². The number of carboxylic acids is 1. The zero-order chi connectivity index (χ0) is 13.7. The van der Waals surface area contributed by atoms with Crippen LogP contribution in [0.1, 0.15) is 16.7 Å². The Kier molecular flexibility index (Phi) is 3.98. The molecule has 3 heteroatoms. The molecule has 3 nitrogen and oxygen atoms in total. The topological polar surface area (TPSA) is 57.5 Å². The molecule has 2 N–H and O–H groups in total. The van der Waals surface area contributed by atoms with Crippen LogP contribution in [0.2, 0.25) is 0 Å². The van der Waals surface area contributed by atoms with E-state index in [-0.39, 0.29) is 12.2 Å². The van der Waals surface area contributed by atoms with Crippen molar-refractivity contribution in [3.63, 3.8) is 0 Å². The number of benzene rings is 2. The summed E-state index contributed by atoms with van der Waals surface area (Å²) >= 11 is 0. The number of rotatable bonds is 4. The maximum Gasteiger partial charge on any atom is 0.307 e. The van der Waals surface area contributed by atoms with Crippen molar-refractivity contribution >= 4 is 18.1 Å². The van der Waals surface area contributed by atoms with Gasteiger partial charge in [0.15, 0.2) is 0 Å². The number of carboxylic acid groups (broad SMARTS) is 1. The van der Waals surface area contributed by atoms with Crippen LogP contribution < -0.4 is 0 Å². The molecule has 0 unspecified atom stereocenters. The molecule has 2 rings (SSSR count). The number of aliphatic carboxylic acids is 1. The summed E-state index contributed by atoms with van der Waals surface area (Å²) in [4.78, 5) is 10.7. The summed E-state index contributed by atoms with van der Waals surface area (Å²) in [5, 5.41) is 18.1. The molecule has 0 spiro atoms. The summed E-state index contributed by atoms with van der Waals surface area (Å²) < 4.78 is 0. The van der Waals surface area contributed by atoms with Crippen molar-refractivity contribution in [3.05, 3.63) is 65.2 Å². The molecule has 0 bridgehead atoms. The lowest BCUT2D eigenvalue weighted by Gasteiger charge is -1.99. The highest BCUT2D eigenvalue weighted by atomic mass is 16.4. The monoisotopic (exact) mass is 254 g/mol. The Labute approximate surface area is 111 Å². The molecule has 0 aliphatic rings. The molecule has 0 saturated carbocycles. The van der Waals surface area contributed by atoms with Gasteiger partial charge >= 0.3 is 5.97 Å². The molecular formula is C16H14O3. The maximum absolute atomic E-state index is 10.7. The highest BCUT2D eigenvalue weighted by Crippen LogP contribution is 2.15. The predicted octanol–water partition coefficient (Wildman–Crippen LogP) is 3.19. The van der Waals surface area contributed by atoms with E-state index in [0.29, 0.717) is 0 Å². The van der Waals surface area contributed by atoms with E-state index in [9.17, 15) is 9.90 Å². The van der Waals surface area contributed by atoms with Gasteiger partial charge in [0.05, 0.1) is 6.42 Å². The molecule has 0 aliphatic heterocycles. The van der Waals surface area contributed by atoms with Gasteiger partial charge in [0.2, 0.25) is 0 Å². The average Bonchev–Trinajstić information content (AvgIpc) is 2.36. The summed E-state index contributed by atoms with van der Waals surface area (Å²) in [6, 6.07) is 14.3. The highest BCUT2D eigenvalue weighted by molar-refractivity contribution is 5.73. The van der Waals surface area contributed by atoms with Crippen LogP contribution in [0.3, 0.4) is 0 Å². The molecule has 0 atom stereocenters. The van der Waals surface area contributed by atoms with Gasteiger partial charge in [-0.3, -0.25) is 4.79 Å². The minimum atomic E-state index is -0.839. The lowest BCUT2D eigenvalue weighted by molar-refractivity contribution is -0.136. The second-order valence-corrected chi connectivity index (χ2v) is 4.24. The lowest BCUT2D eigenvalue weighted by Crippen LogP contribution is -1.99. The van der Waals surface area contributed by atoms with E-state index in [1.54, 1.807) is 24.3 Å². The first-order valence-electron chi connectivity index (χ1n) is 5.91. The number of phenolic OH excluding ortho intramolecular Hbond substituents is 1. The van der Waals surface area contributed by atoms with Crippen LogP contribution in [0, 0.1) is 0 Å². The molecule has 96 valence electrons. The van der Waals surface area contributed by atoms with Gasteiger partial charge in [-0.2, -0.15) is 0 Å². The summed E-state index contributed by atoms with van der Waals surface area (Å²) in [5.41, 5.74) is 2.59. The fourth-order valence-corrected chi connectivity index (χ4v) is 1.80. The molecule has 2 aromatic rings. The normalized spacial score (nSPS) is 10.7. The van der Waals surface area contributed by atoms with Crippen molar-refractivity contribution in [1.82, 2.24) is 0 Å². The molecular weight excluding hydrogens is 240 g/mol. The summed E-state index contributed by atoms with van der Waals surface area (Å²) in [6.45, 7) is 0. The number of carbonyl (C=O) groups is 1. The molecule has 0 aliphatic carbocycles. The minimum absolute atomic E-state index is 0.0216. The van der Waals surface area contributed by atoms with Gasteiger partial charge < -0.3 is 10.2 Å². The molecule has 2 aromatic carbocycles. The van der Waals surface area contributed by atoms with Crippen LogP contribution >= 0.6 is 0 Å². The van der Waals surface area contributed by atoms with Crippen LogP contribution in [0.4, 0.5) is 0 Å². The summed E-state index contributed by atoms with van der Waals surface area (Å²) in [6.07, 6.45) is 3.79. The van der Waals surface area contributed by atoms with Gasteiger partial charge in [-0.25, -0.2) is 0 Å². The first kappa shape index (κ1) is 12.9. The molecule has 0 saturated heterocycles. The van der Waals surface area contributed by atoms with Crippen LogP contribution in [0.15, 0.2) is 48.5 Å². The molecule has 0 aromatic heterocycles. The van der Waals surface area contributed by atoms with E-state index in [4.69, 9.17) is 5.11 Å². The van der Waals surface area contributed by atoms with Crippen LogP contribution in [-0.4, -0.2) is 16.2 Å². The van der Waals surface area contributed by atoms with Crippen molar-refractivity contribution in [2.45, 2.75) is 6.42 Å². The summed E-state index contributed by atoms with van der Waals surface area (Å²) in [5.74, 6) is -0.615. The van der Waals surface area contributed by atoms with Crippen LogP contribution in [0.25, 0.3) is 12.2 Å². The van der Waals surface area contributed by atoms with Crippen molar-refractivity contribution in [2.75, 3.05) is 0 Å². The number of hydrogen-bond donors (Lipinski definition) is 2. The predicted molar refractivity (Wildman–Crippen MR) is 74.8 cm³/mol. The van der Waals surface area contributed by atoms with Crippen molar-refractivity contribution in [2.24, 2.45) is 0 Å². The van der Waals surface area contributed by atoms with Gasteiger partial charge in [0.25, 0.3) is 0 Å². The van der Waals surface area contributed by atoms with E-state index in [2.05, 4.69) is 0 Å². The molecule has 0 heterocycles. The smallest absolute Gasteiger partial charge is 0.307 e. The van der Waals surface area contributed by atoms with Gasteiger partial charge in [-0.1, -0.05) is 48.6 Å². The molecule has 0 fully saturated rings. The van der Waals surface area contributed by atoms with E-state index in [1.807, 2.05) is 36.4 Å². The Bertz CT molecular complexity index is 615. The second kappa shape index (κ2) is 5.87. The van der Waals surface area contributed by atoms with Crippen LogP contribution in [-0.2, 0) is 11.2 Å². The Morgan fingerprint density at radius 3 is 2.26 bits per heavy atom. The Hall–Kier alpha value is -2.55. The quantitative estimate of drug-likeness (QED) is 0.824. The largest absolute Gasteiger partial charge is 0.508 e. The Balaban J connectivity index is 2.16. The highest BCUT2D eigenvalue weighted by Gasteiger charge is 2.00. The SMILES string of the molecule is O=C(O)Cc1cccc(C=Cc2cccc(O)c2)c1. The zero-order valence-corrected chi connectivity index (χ0v) is 10.3. The number of phenols is 1. The van der Waals surface area contributed by atoms with Gasteiger partial charge in [-0.15, -0.1) is 0 Å². The lowest BCUT2D eigenvalue weighted by atomic mass is 10.1. The number of hydrogen-bond acceptors (Lipinski definition) is 2. The van der Waals surface area contributed by atoms with Crippen molar-refractivity contribution in [1.29, 1.82) is 0 Å². The average molecular weight is 254 g/mol. The third kappa shape index (κ3) is 4.00. The first-order chi connectivity index (χ1) is 9.13. The van der Waals surface area contributed by atoms with Crippen LogP contribution in [0.5, 0.6) is 5.75 Å². The Morgan fingerprint density at radius 2 is 1.63 bits per heavy atom. The van der Waals surface area contributed by atoms with E-state index < -0.39 is 5.97 Å². The Morgan fingerprint density at radius 1 is 1.00 bits per heavy atom. The third-order valence-electron chi connectivity index (χ3n) is 2.64. The standard InChI is InChI=1S/C16H14O3/c17-15-6-2-4-13(10-15)8-7-12-3-1-5-14(9-12)11-16(18)19/h1-10,17H,11H2,(H,18,19). The molecule has 19 heavy (non-hydrogen) atoms. The van der Waals surface area contributed by atoms with Gasteiger partial charge in [0, 0.05) is 0 Å². The summed E-state index contributed by atoms with van der Waals surface area (Å²) in [7, 11) is 0. The molecule has 0 amide bonds. The third-order valence-corrected chi connectivity index (χ3v) is 2.64. The van der Waals surface area contributed by atoms with Gasteiger partial charge in [-0.05, 0) is 28.8 Å². The van der Waals surface area contributed by atoms with E-state index in [0.717, 1.165) is 16.7 Å². The molecule has 0 radical (unpaired) electrons. The van der Waals surface area contributed by atoms with Crippen molar-refractivity contribution < 1.29 is 15.0 Å². The van der Waals surface area contributed by atoms with Crippen molar-refractivity contribution in [3.8, 4) is 5.75 Å². The maximum atomic E-state index is 10.7.